The Morgan fingerprint density at radius 1 is 1.43 bits per heavy atom. The molecule has 1 aromatic heterocycles. The van der Waals surface area contributed by atoms with Crippen LogP contribution in [0.2, 0.25) is 0 Å². The minimum atomic E-state index is -0.439. The Hall–Kier alpha value is -1.76. The van der Waals surface area contributed by atoms with E-state index in [1.807, 2.05) is 17.5 Å². The highest BCUT2D eigenvalue weighted by Crippen LogP contribution is 2.25. The Kier molecular flexibility index (Phi) is 4.28. The van der Waals surface area contributed by atoms with E-state index in [4.69, 9.17) is 4.74 Å². The molecule has 21 heavy (non-hydrogen) atoms. The van der Waals surface area contributed by atoms with Crippen LogP contribution in [0.3, 0.4) is 0 Å². The Balaban J connectivity index is 1.67. The van der Waals surface area contributed by atoms with E-state index in [-0.39, 0.29) is 5.91 Å². The summed E-state index contributed by atoms with van der Waals surface area (Å²) >= 11 is 1.42. The van der Waals surface area contributed by atoms with Gasteiger partial charge in [0.05, 0.1) is 12.3 Å². The summed E-state index contributed by atoms with van der Waals surface area (Å²) in [6, 6.07) is 8.16. The summed E-state index contributed by atoms with van der Waals surface area (Å²) in [6.07, 6.45) is -0.439. The van der Waals surface area contributed by atoms with Gasteiger partial charge < -0.3 is 10.1 Å². The Labute approximate surface area is 127 Å². The molecule has 0 radical (unpaired) electrons. The van der Waals surface area contributed by atoms with Crippen molar-refractivity contribution in [3.63, 3.8) is 0 Å². The molecule has 110 valence electrons. The van der Waals surface area contributed by atoms with Gasteiger partial charge in [0.1, 0.15) is 6.10 Å². The van der Waals surface area contributed by atoms with E-state index in [1.165, 1.54) is 16.9 Å². The fourth-order valence-electron chi connectivity index (χ4n) is 2.11. The van der Waals surface area contributed by atoms with Crippen LogP contribution in [-0.4, -0.2) is 36.7 Å². The van der Waals surface area contributed by atoms with E-state index < -0.39 is 6.10 Å². The number of carbonyl (C=O) groups excluding carboxylic acids is 1. The first kappa shape index (κ1) is 14.2. The number of anilines is 1. The number of rotatable bonds is 3. The molecule has 3 rings (SSSR count). The van der Waals surface area contributed by atoms with Crippen LogP contribution >= 0.6 is 11.3 Å². The van der Waals surface area contributed by atoms with Crippen molar-refractivity contribution in [2.45, 2.75) is 13.0 Å². The third-order valence-corrected chi connectivity index (χ3v) is 4.06. The van der Waals surface area contributed by atoms with Crippen LogP contribution in [0.15, 0.2) is 29.6 Å². The average Bonchev–Trinajstić information content (AvgIpc) is 2.97. The summed E-state index contributed by atoms with van der Waals surface area (Å²) < 4.78 is 5.42. The quantitative estimate of drug-likeness (QED) is 0.911. The van der Waals surface area contributed by atoms with Crippen LogP contribution in [0, 0.1) is 6.92 Å². The molecule has 0 aliphatic carbocycles. The zero-order valence-corrected chi connectivity index (χ0v) is 12.6. The molecule has 2 heterocycles. The van der Waals surface area contributed by atoms with Crippen molar-refractivity contribution in [1.29, 1.82) is 0 Å². The van der Waals surface area contributed by atoms with Crippen molar-refractivity contribution in [2.75, 3.05) is 25.0 Å². The number of thiazole rings is 1. The number of hydrogen-bond acceptors (Lipinski definition) is 5. The van der Waals surface area contributed by atoms with Crippen LogP contribution in [-0.2, 0) is 9.53 Å². The van der Waals surface area contributed by atoms with Gasteiger partial charge in [-0.1, -0.05) is 29.8 Å². The SMILES string of the molecule is Cc1ccc(-c2csc(NC(=O)C3CNCCO3)n2)cc1. The summed E-state index contributed by atoms with van der Waals surface area (Å²) in [5.41, 5.74) is 3.13. The minimum Gasteiger partial charge on any atom is -0.366 e. The van der Waals surface area contributed by atoms with E-state index in [2.05, 4.69) is 34.7 Å². The minimum absolute atomic E-state index is 0.146. The fraction of sp³-hybridized carbons (Fsp3) is 0.333. The molecule has 1 saturated heterocycles. The van der Waals surface area contributed by atoms with Gasteiger partial charge in [-0.25, -0.2) is 4.98 Å². The second-order valence-corrected chi connectivity index (χ2v) is 5.81. The topological polar surface area (TPSA) is 63.2 Å². The maximum atomic E-state index is 12.0. The van der Waals surface area contributed by atoms with E-state index >= 15 is 0 Å². The molecule has 5 nitrogen and oxygen atoms in total. The Bertz CT molecular complexity index is 618. The first-order chi connectivity index (χ1) is 10.2. The van der Waals surface area contributed by atoms with Crippen molar-refractivity contribution >= 4 is 22.4 Å². The lowest BCUT2D eigenvalue weighted by atomic mass is 10.1. The van der Waals surface area contributed by atoms with Crippen molar-refractivity contribution < 1.29 is 9.53 Å². The van der Waals surface area contributed by atoms with Gasteiger partial charge >= 0.3 is 0 Å². The smallest absolute Gasteiger partial charge is 0.256 e. The number of benzene rings is 1. The monoisotopic (exact) mass is 303 g/mol. The van der Waals surface area contributed by atoms with Crippen molar-refractivity contribution in [3.05, 3.63) is 35.2 Å². The molecule has 1 atom stereocenters. The Morgan fingerprint density at radius 2 is 2.24 bits per heavy atom. The largest absolute Gasteiger partial charge is 0.366 e. The lowest BCUT2D eigenvalue weighted by molar-refractivity contribution is -0.128. The van der Waals surface area contributed by atoms with E-state index in [1.54, 1.807) is 0 Å². The maximum absolute atomic E-state index is 12.0. The van der Waals surface area contributed by atoms with Crippen molar-refractivity contribution in [3.8, 4) is 11.3 Å². The summed E-state index contributed by atoms with van der Waals surface area (Å²) in [5.74, 6) is -0.146. The number of carbonyl (C=O) groups is 1. The first-order valence-corrected chi connectivity index (χ1v) is 7.76. The van der Waals surface area contributed by atoms with E-state index in [0.717, 1.165) is 17.8 Å². The van der Waals surface area contributed by atoms with Crippen LogP contribution < -0.4 is 10.6 Å². The van der Waals surface area contributed by atoms with Gasteiger partial charge in [0, 0.05) is 24.0 Å². The third-order valence-electron chi connectivity index (χ3n) is 3.30. The summed E-state index contributed by atoms with van der Waals surface area (Å²) in [6.45, 7) is 3.94. The zero-order valence-electron chi connectivity index (χ0n) is 11.8. The van der Waals surface area contributed by atoms with Gasteiger partial charge in [0.15, 0.2) is 5.13 Å². The van der Waals surface area contributed by atoms with Crippen LogP contribution in [0.25, 0.3) is 11.3 Å². The second kappa shape index (κ2) is 6.34. The number of nitrogens with zero attached hydrogens (tertiary/aromatic N) is 1. The van der Waals surface area contributed by atoms with Gasteiger partial charge in [0.25, 0.3) is 5.91 Å². The van der Waals surface area contributed by atoms with Gasteiger partial charge in [-0.05, 0) is 6.92 Å². The van der Waals surface area contributed by atoms with Crippen molar-refractivity contribution in [2.24, 2.45) is 0 Å². The molecule has 6 heteroatoms. The molecule has 0 saturated carbocycles. The van der Waals surface area contributed by atoms with E-state index in [0.29, 0.717) is 18.3 Å². The summed E-state index contributed by atoms with van der Waals surface area (Å²) in [5, 5.41) is 8.50. The lowest BCUT2D eigenvalue weighted by Crippen LogP contribution is -2.45. The predicted octanol–water partition coefficient (Wildman–Crippen LogP) is 2.05. The van der Waals surface area contributed by atoms with Gasteiger partial charge in [-0.2, -0.15) is 0 Å². The first-order valence-electron chi connectivity index (χ1n) is 6.88. The molecule has 1 aliphatic heterocycles. The maximum Gasteiger partial charge on any atom is 0.256 e. The zero-order chi connectivity index (χ0) is 14.7. The normalized spacial score (nSPS) is 18.4. The van der Waals surface area contributed by atoms with Crippen molar-refractivity contribution in [1.82, 2.24) is 10.3 Å². The number of ether oxygens (including phenoxy) is 1. The predicted molar refractivity (Wildman–Crippen MR) is 83.5 cm³/mol. The molecule has 1 fully saturated rings. The lowest BCUT2D eigenvalue weighted by Gasteiger charge is -2.22. The van der Waals surface area contributed by atoms with Crippen LogP contribution in [0.1, 0.15) is 5.56 Å². The summed E-state index contributed by atoms with van der Waals surface area (Å²) in [4.78, 5) is 16.5. The standard InChI is InChI=1S/C15H17N3O2S/c1-10-2-4-11(5-3-10)12-9-21-15(17-12)18-14(19)13-8-16-6-7-20-13/h2-5,9,13,16H,6-8H2,1H3,(H,17,18,19). The van der Waals surface area contributed by atoms with Crippen LogP contribution in [0.5, 0.6) is 0 Å². The molecular formula is C15H17N3O2S. The van der Waals surface area contributed by atoms with E-state index in [9.17, 15) is 4.79 Å². The highest BCUT2D eigenvalue weighted by Gasteiger charge is 2.22. The average molecular weight is 303 g/mol. The highest BCUT2D eigenvalue weighted by molar-refractivity contribution is 7.14. The molecule has 0 bridgehead atoms. The number of amides is 1. The summed E-state index contributed by atoms with van der Waals surface area (Å²) in [7, 11) is 0. The molecule has 1 amide bonds. The Morgan fingerprint density at radius 3 is 2.95 bits per heavy atom. The number of aromatic nitrogens is 1. The molecule has 1 aromatic carbocycles. The van der Waals surface area contributed by atoms with Gasteiger partial charge in [0.2, 0.25) is 0 Å². The second-order valence-electron chi connectivity index (χ2n) is 4.96. The highest BCUT2D eigenvalue weighted by atomic mass is 32.1. The fourth-order valence-corrected chi connectivity index (χ4v) is 2.83. The molecule has 2 N–H and O–H groups in total. The molecular weight excluding hydrogens is 286 g/mol. The molecule has 2 aromatic rings. The number of morpholine rings is 1. The number of nitrogens with one attached hydrogen (secondary N) is 2. The number of aryl methyl sites for hydroxylation is 1. The third kappa shape index (κ3) is 3.47. The van der Waals surface area contributed by atoms with Gasteiger partial charge in [-0.3, -0.25) is 10.1 Å². The molecule has 1 aliphatic rings. The van der Waals surface area contributed by atoms with Gasteiger partial charge in [-0.15, -0.1) is 11.3 Å². The van der Waals surface area contributed by atoms with Crippen LogP contribution in [0.4, 0.5) is 5.13 Å². The number of hydrogen-bond donors (Lipinski definition) is 2. The molecule has 0 spiro atoms. The molecule has 1 unspecified atom stereocenters.